The van der Waals surface area contributed by atoms with Crippen molar-refractivity contribution in [2.75, 3.05) is 11.9 Å². The van der Waals surface area contributed by atoms with E-state index in [9.17, 15) is 9.59 Å². The first-order valence-electron chi connectivity index (χ1n) is 8.21. The number of esters is 1. The Bertz CT molecular complexity index is 886. The van der Waals surface area contributed by atoms with Crippen LogP contribution >= 0.6 is 0 Å². The van der Waals surface area contributed by atoms with E-state index in [1.54, 1.807) is 30.5 Å². The van der Waals surface area contributed by atoms with Gasteiger partial charge in [-0.3, -0.25) is 4.79 Å². The summed E-state index contributed by atoms with van der Waals surface area (Å²) in [5.74, 6) is -0.329. The zero-order chi connectivity index (χ0) is 18.4. The molecule has 3 aromatic rings. The van der Waals surface area contributed by atoms with Crippen molar-refractivity contribution in [1.29, 1.82) is 0 Å². The van der Waals surface area contributed by atoms with E-state index in [0.717, 1.165) is 23.2 Å². The summed E-state index contributed by atoms with van der Waals surface area (Å²) in [7, 11) is 0. The van der Waals surface area contributed by atoms with Crippen LogP contribution in [0.15, 0.2) is 65.5 Å². The van der Waals surface area contributed by atoms with E-state index in [1.165, 1.54) is 6.39 Å². The third kappa shape index (κ3) is 4.16. The minimum atomic E-state index is -0.562. The average molecular weight is 350 g/mol. The number of aryl methyl sites for hydroxylation is 1. The highest BCUT2D eigenvalue weighted by Gasteiger charge is 2.12. The van der Waals surface area contributed by atoms with Gasteiger partial charge in [0.05, 0.1) is 11.8 Å². The maximum Gasteiger partial charge on any atom is 0.338 e. The maximum absolute atomic E-state index is 12.1. The maximum atomic E-state index is 12.1. The summed E-state index contributed by atoms with van der Waals surface area (Å²) in [5.41, 5.74) is 2.91. The number of anilines is 1. The van der Waals surface area contributed by atoms with Crippen LogP contribution in [0.25, 0.3) is 11.3 Å². The van der Waals surface area contributed by atoms with Crippen LogP contribution in [0.1, 0.15) is 22.8 Å². The number of amides is 1. The molecular formula is C20H18N2O4. The number of rotatable bonds is 6. The lowest BCUT2D eigenvalue weighted by molar-refractivity contribution is -0.119. The van der Waals surface area contributed by atoms with Crippen LogP contribution in [0.2, 0.25) is 0 Å². The van der Waals surface area contributed by atoms with Crippen LogP contribution in [0, 0.1) is 0 Å². The molecule has 6 nitrogen and oxygen atoms in total. The number of carbonyl (C=O) groups excluding carboxylic acids is 2. The molecular weight excluding hydrogens is 332 g/mol. The summed E-state index contributed by atoms with van der Waals surface area (Å²) in [5, 5.41) is 2.76. The SMILES string of the molecule is CCc1ccccc1NC(=O)COC(=O)c1ccc(-c2cnco2)cc1. The van der Waals surface area contributed by atoms with Gasteiger partial charge in [0.25, 0.3) is 5.91 Å². The molecule has 0 aliphatic heterocycles. The molecule has 0 aliphatic rings. The van der Waals surface area contributed by atoms with Gasteiger partial charge in [0, 0.05) is 11.3 Å². The Morgan fingerprint density at radius 3 is 2.58 bits per heavy atom. The lowest BCUT2D eigenvalue weighted by Gasteiger charge is -2.10. The molecule has 1 amide bonds. The molecule has 1 N–H and O–H groups in total. The number of benzene rings is 2. The second kappa shape index (κ2) is 8.11. The van der Waals surface area contributed by atoms with Crippen molar-refractivity contribution in [2.24, 2.45) is 0 Å². The number of oxazole rings is 1. The van der Waals surface area contributed by atoms with Gasteiger partial charge in [-0.15, -0.1) is 0 Å². The molecule has 0 fully saturated rings. The molecule has 3 rings (SSSR count). The van der Waals surface area contributed by atoms with Gasteiger partial charge in [-0.25, -0.2) is 9.78 Å². The van der Waals surface area contributed by atoms with Gasteiger partial charge in [-0.1, -0.05) is 37.3 Å². The molecule has 1 aromatic heterocycles. The van der Waals surface area contributed by atoms with Crippen molar-refractivity contribution >= 4 is 17.6 Å². The third-order valence-electron chi connectivity index (χ3n) is 3.84. The quantitative estimate of drug-likeness (QED) is 0.686. The van der Waals surface area contributed by atoms with Crippen LogP contribution in [0.5, 0.6) is 0 Å². The molecule has 0 saturated heterocycles. The van der Waals surface area contributed by atoms with Crippen molar-refractivity contribution < 1.29 is 18.7 Å². The van der Waals surface area contributed by atoms with E-state index in [0.29, 0.717) is 11.3 Å². The van der Waals surface area contributed by atoms with Gasteiger partial charge in [0.1, 0.15) is 0 Å². The fourth-order valence-corrected chi connectivity index (χ4v) is 2.48. The van der Waals surface area contributed by atoms with Crippen LogP contribution < -0.4 is 5.32 Å². The van der Waals surface area contributed by atoms with E-state index < -0.39 is 5.97 Å². The molecule has 0 aliphatic carbocycles. The molecule has 1 heterocycles. The standard InChI is InChI=1S/C20H18N2O4/c1-2-14-5-3-4-6-17(14)22-19(23)12-25-20(24)16-9-7-15(8-10-16)18-11-21-13-26-18/h3-11,13H,2,12H2,1H3,(H,22,23). The van der Waals surface area contributed by atoms with Crippen LogP contribution in [-0.2, 0) is 16.0 Å². The summed E-state index contributed by atoms with van der Waals surface area (Å²) < 4.78 is 10.3. The van der Waals surface area contributed by atoms with Crippen molar-refractivity contribution in [3.05, 3.63) is 72.2 Å². The summed E-state index contributed by atoms with van der Waals surface area (Å²) in [6, 6.07) is 14.2. The van der Waals surface area contributed by atoms with E-state index in [2.05, 4.69) is 10.3 Å². The lowest BCUT2D eigenvalue weighted by atomic mass is 10.1. The number of ether oxygens (including phenoxy) is 1. The number of hydrogen-bond donors (Lipinski definition) is 1. The molecule has 0 unspecified atom stereocenters. The fourth-order valence-electron chi connectivity index (χ4n) is 2.48. The highest BCUT2D eigenvalue weighted by molar-refractivity contribution is 5.96. The van der Waals surface area contributed by atoms with Gasteiger partial charge in [-0.2, -0.15) is 0 Å². The Morgan fingerprint density at radius 2 is 1.88 bits per heavy atom. The smallest absolute Gasteiger partial charge is 0.338 e. The fraction of sp³-hybridized carbons (Fsp3) is 0.150. The molecule has 0 spiro atoms. The van der Waals surface area contributed by atoms with E-state index in [-0.39, 0.29) is 12.5 Å². The first-order chi connectivity index (χ1) is 12.7. The highest BCUT2D eigenvalue weighted by atomic mass is 16.5. The minimum Gasteiger partial charge on any atom is -0.452 e. The molecule has 0 radical (unpaired) electrons. The van der Waals surface area contributed by atoms with E-state index in [4.69, 9.17) is 9.15 Å². The minimum absolute atomic E-state index is 0.346. The number of nitrogens with one attached hydrogen (secondary N) is 1. The number of carbonyl (C=O) groups is 2. The predicted molar refractivity (Wildman–Crippen MR) is 96.7 cm³/mol. The third-order valence-corrected chi connectivity index (χ3v) is 3.84. The van der Waals surface area contributed by atoms with Gasteiger partial charge in [0.2, 0.25) is 0 Å². The van der Waals surface area contributed by atoms with Crippen molar-refractivity contribution in [1.82, 2.24) is 4.98 Å². The van der Waals surface area contributed by atoms with Crippen molar-refractivity contribution in [2.45, 2.75) is 13.3 Å². The average Bonchev–Trinajstić information content (AvgIpc) is 3.21. The van der Waals surface area contributed by atoms with Crippen LogP contribution in [-0.4, -0.2) is 23.5 Å². The largest absolute Gasteiger partial charge is 0.452 e. The second-order valence-corrected chi connectivity index (χ2v) is 5.58. The number of aromatic nitrogens is 1. The first-order valence-corrected chi connectivity index (χ1v) is 8.21. The first kappa shape index (κ1) is 17.4. The zero-order valence-corrected chi connectivity index (χ0v) is 14.3. The number of hydrogen-bond acceptors (Lipinski definition) is 5. The molecule has 0 bridgehead atoms. The van der Waals surface area contributed by atoms with Gasteiger partial charge >= 0.3 is 5.97 Å². The number of para-hydroxylation sites is 1. The Kier molecular flexibility index (Phi) is 5.43. The zero-order valence-electron chi connectivity index (χ0n) is 14.3. The summed E-state index contributed by atoms with van der Waals surface area (Å²) in [6.07, 6.45) is 3.73. The molecule has 2 aromatic carbocycles. The Labute approximate surface area is 150 Å². The van der Waals surface area contributed by atoms with Gasteiger partial charge in [0.15, 0.2) is 18.8 Å². The summed E-state index contributed by atoms with van der Waals surface area (Å²) in [4.78, 5) is 28.0. The van der Waals surface area contributed by atoms with E-state index in [1.807, 2.05) is 31.2 Å². The van der Waals surface area contributed by atoms with Gasteiger partial charge in [-0.05, 0) is 30.2 Å². The Balaban J connectivity index is 1.55. The monoisotopic (exact) mass is 350 g/mol. The van der Waals surface area contributed by atoms with E-state index >= 15 is 0 Å². The predicted octanol–water partition coefficient (Wildman–Crippen LogP) is 3.70. The molecule has 0 saturated carbocycles. The number of nitrogens with zero attached hydrogens (tertiary/aromatic N) is 1. The van der Waals surface area contributed by atoms with Crippen molar-refractivity contribution in [3.8, 4) is 11.3 Å². The van der Waals surface area contributed by atoms with Crippen LogP contribution in [0.3, 0.4) is 0 Å². The normalized spacial score (nSPS) is 10.3. The highest BCUT2D eigenvalue weighted by Crippen LogP contribution is 2.19. The Hall–Kier alpha value is -3.41. The van der Waals surface area contributed by atoms with Crippen molar-refractivity contribution in [3.63, 3.8) is 0 Å². The summed E-state index contributed by atoms with van der Waals surface area (Å²) >= 11 is 0. The topological polar surface area (TPSA) is 81.4 Å². The molecule has 26 heavy (non-hydrogen) atoms. The molecule has 6 heteroatoms. The second-order valence-electron chi connectivity index (χ2n) is 5.58. The lowest BCUT2D eigenvalue weighted by Crippen LogP contribution is -2.21. The molecule has 132 valence electrons. The van der Waals surface area contributed by atoms with Gasteiger partial charge < -0.3 is 14.5 Å². The van der Waals surface area contributed by atoms with Crippen LogP contribution in [0.4, 0.5) is 5.69 Å². The Morgan fingerprint density at radius 1 is 1.12 bits per heavy atom. The molecule has 0 atom stereocenters. The summed E-state index contributed by atoms with van der Waals surface area (Å²) in [6.45, 7) is 1.66.